The van der Waals surface area contributed by atoms with Gasteiger partial charge in [0.05, 0.1) is 0 Å². The van der Waals surface area contributed by atoms with E-state index < -0.39 is 11.3 Å². The number of benzene rings is 2. The standard InChI is InChI=1S/C16H16N6/c17-13-19-15(11-7-3-1-4-8-11)16(21-13,22-14(18)20-15)12-9-5-2-6-10-12/h1-10H,(H3,17,19,21)(H3,18,20,22). The number of hydrogen-bond acceptors (Lipinski definition) is 6. The molecule has 0 amide bonds. The van der Waals surface area contributed by atoms with E-state index in [2.05, 4.69) is 20.6 Å². The highest BCUT2D eigenvalue weighted by Crippen LogP contribution is 2.48. The van der Waals surface area contributed by atoms with Crippen molar-refractivity contribution in [2.24, 2.45) is 21.5 Å². The highest BCUT2D eigenvalue weighted by Gasteiger charge is 2.62. The Morgan fingerprint density at radius 1 is 0.682 bits per heavy atom. The van der Waals surface area contributed by atoms with Crippen LogP contribution in [0.15, 0.2) is 70.6 Å². The predicted molar refractivity (Wildman–Crippen MR) is 85.8 cm³/mol. The number of nitrogens with two attached hydrogens (primary N) is 2. The van der Waals surface area contributed by atoms with E-state index in [1.165, 1.54) is 0 Å². The molecule has 2 aromatic rings. The topological polar surface area (TPSA) is 101 Å². The van der Waals surface area contributed by atoms with E-state index in [0.717, 1.165) is 11.1 Å². The first-order chi connectivity index (χ1) is 10.7. The number of guanidine groups is 2. The summed E-state index contributed by atoms with van der Waals surface area (Å²) in [6.07, 6.45) is 0. The molecular weight excluding hydrogens is 276 g/mol. The molecule has 0 atom stereocenters. The zero-order chi connectivity index (χ0) is 15.2. The minimum absolute atomic E-state index is 0.330. The molecule has 0 radical (unpaired) electrons. The summed E-state index contributed by atoms with van der Waals surface area (Å²) < 4.78 is 0. The molecule has 2 heterocycles. The summed E-state index contributed by atoms with van der Waals surface area (Å²) in [6, 6.07) is 19.7. The monoisotopic (exact) mass is 292 g/mol. The van der Waals surface area contributed by atoms with E-state index in [9.17, 15) is 0 Å². The molecule has 2 aliphatic heterocycles. The fourth-order valence-corrected chi connectivity index (χ4v) is 3.24. The lowest BCUT2D eigenvalue weighted by molar-refractivity contribution is 0.234. The average Bonchev–Trinajstić information content (AvgIpc) is 2.97. The van der Waals surface area contributed by atoms with Gasteiger partial charge >= 0.3 is 0 Å². The molecule has 0 unspecified atom stereocenters. The van der Waals surface area contributed by atoms with Gasteiger partial charge in [-0.1, -0.05) is 60.7 Å². The molecule has 0 saturated heterocycles. The third kappa shape index (κ3) is 1.49. The lowest BCUT2D eigenvalue weighted by Crippen LogP contribution is -2.61. The maximum Gasteiger partial charge on any atom is 0.228 e. The van der Waals surface area contributed by atoms with Crippen LogP contribution in [-0.4, -0.2) is 11.9 Å². The van der Waals surface area contributed by atoms with Crippen LogP contribution < -0.4 is 22.1 Å². The number of hydrogen-bond donors (Lipinski definition) is 4. The van der Waals surface area contributed by atoms with Crippen LogP contribution in [0, 0.1) is 0 Å². The smallest absolute Gasteiger partial charge is 0.228 e. The first-order valence-electron chi connectivity index (χ1n) is 7.04. The van der Waals surface area contributed by atoms with E-state index in [1.54, 1.807) is 0 Å². The van der Waals surface area contributed by atoms with Crippen LogP contribution in [0.4, 0.5) is 0 Å². The van der Waals surface area contributed by atoms with Crippen molar-refractivity contribution in [3.8, 4) is 0 Å². The number of aliphatic imine (C=N–C) groups is 2. The Kier molecular flexibility index (Phi) is 2.45. The van der Waals surface area contributed by atoms with Crippen LogP contribution in [0.5, 0.6) is 0 Å². The van der Waals surface area contributed by atoms with Gasteiger partial charge in [-0.25, -0.2) is 9.98 Å². The molecule has 6 nitrogen and oxygen atoms in total. The van der Waals surface area contributed by atoms with Crippen molar-refractivity contribution < 1.29 is 0 Å². The lowest BCUT2D eigenvalue weighted by atomic mass is 9.83. The zero-order valence-corrected chi connectivity index (χ0v) is 11.8. The molecule has 4 rings (SSSR count). The molecule has 0 fully saturated rings. The summed E-state index contributed by atoms with van der Waals surface area (Å²) in [4.78, 5) is 9.21. The minimum atomic E-state index is -0.955. The quantitative estimate of drug-likeness (QED) is 0.648. The molecular formula is C16H16N6. The molecule has 0 aromatic heterocycles. The first kappa shape index (κ1) is 12.7. The third-order valence-electron chi connectivity index (χ3n) is 4.10. The van der Waals surface area contributed by atoms with Gasteiger partial charge in [0.2, 0.25) is 5.66 Å². The van der Waals surface area contributed by atoms with Crippen molar-refractivity contribution in [3.05, 3.63) is 71.8 Å². The second kappa shape index (κ2) is 4.24. The van der Waals surface area contributed by atoms with Crippen LogP contribution in [0.3, 0.4) is 0 Å². The van der Waals surface area contributed by atoms with Crippen molar-refractivity contribution in [1.82, 2.24) is 10.6 Å². The maximum atomic E-state index is 6.00. The van der Waals surface area contributed by atoms with Gasteiger partial charge in [0.15, 0.2) is 17.6 Å². The summed E-state index contributed by atoms with van der Waals surface area (Å²) in [6.45, 7) is 0. The number of nitrogens with one attached hydrogen (secondary N) is 2. The van der Waals surface area contributed by atoms with Crippen molar-refractivity contribution in [2.75, 3.05) is 0 Å². The summed E-state index contributed by atoms with van der Waals surface area (Å²) in [5, 5.41) is 6.47. The molecule has 6 N–H and O–H groups in total. The van der Waals surface area contributed by atoms with E-state index in [-0.39, 0.29) is 0 Å². The molecule has 0 spiro atoms. The Morgan fingerprint density at radius 3 is 1.64 bits per heavy atom. The van der Waals surface area contributed by atoms with Gasteiger partial charge in [-0.3, -0.25) is 0 Å². The van der Waals surface area contributed by atoms with Gasteiger partial charge in [0.25, 0.3) is 0 Å². The molecule has 6 heteroatoms. The van der Waals surface area contributed by atoms with E-state index in [4.69, 9.17) is 11.5 Å². The first-order valence-corrected chi connectivity index (χ1v) is 7.04. The number of rotatable bonds is 2. The van der Waals surface area contributed by atoms with Crippen LogP contribution >= 0.6 is 0 Å². The third-order valence-corrected chi connectivity index (χ3v) is 4.10. The fourth-order valence-electron chi connectivity index (χ4n) is 3.24. The molecule has 2 aliphatic rings. The Hall–Kier alpha value is -3.02. The Balaban J connectivity index is 1.99. The van der Waals surface area contributed by atoms with Crippen LogP contribution in [0.25, 0.3) is 0 Å². The Bertz CT molecular complexity index is 744. The van der Waals surface area contributed by atoms with Gasteiger partial charge in [-0.15, -0.1) is 0 Å². The van der Waals surface area contributed by atoms with Crippen LogP contribution in [0.1, 0.15) is 11.1 Å². The molecule has 0 bridgehead atoms. The molecule has 2 aromatic carbocycles. The highest BCUT2D eigenvalue weighted by atomic mass is 15.5. The van der Waals surface area contributed by atoms with Crippen molar-refractivity contribution >= 4 is 11.9 Å². The summed E-state index contributed by atoms with van der Waals surface area (Å²) in [5.41, 5.74) is 12.1. The lowest BCUT2D eigenvalue weighted by Gasteiger charge is -2.37. The second-order valence-electron chi connectivity index (χ2n) is 5.40. The van der Waals surface area contributed by atoms with Crippen LogP contribution in [-0.2, 0) is 11.3 Å². The molecule has 0 saturated carbocycles. The average molecular weight is 292 g/mol. The van der Waals surface area contributed by atoms with Gasteiger partial charge in [0, 0.05) is 11.1 Å². The molecule has 0 aliphatic carbocycles. The normalized spacial score (nSPS) is 29.1. The molecule has 22 heavy (non-hydrogen) atoms. The van der Waals surface area contributed by atoms with Crippen molar-refractivity contribution in [1.29, 1.82) is 0 Å². The fraction of sp³-hybridized carbons (Fsp3) is 0.125. The van der Waals surface area contributed by atoms with E-state index >= 15 is 0 Å². The van der Waals surface area contributed by atoms with E-state index in [1.807, 2.05) is 60.7 Å². The Morgan fingerprint density at radius 2 is 1.14 bits per heavy atom. The Labute approximate surface area is 128 Å². The zero-order valence-electron chi connectivity index (χ0n) is 11.8. The largest absolute Gasteiger partial charge is 0.370 e. The SMILES string of the molecule is NC1=NC2(c3ccccc3)N=C(N)NC2(c2ccccc2)N1. The minimum Gasteiger partial charge on any atom is -0.370 e. The van der Waals surface area contributed by atoms with Crippen molar-refractivity contribution in [3.63, 3.8) is 0 Å². The molecule has 110 valence electrons. The summed E-state index contributed by atoms with van der Waals surface area (Å²) >= 11 is 0. The number of fused-ring (bicyclic) bond motifs is 1. The maximum absolute atomic E-state index is 6.00. The highest BCUT2D eigenvalue weighted by molar-refractivity contribution is 5.89. The number of nitrogens with zero attached hydrogens (tertiary/aromatic N) is 2. The van der Waals surface area contributed by atoms with Gasteiger partial charge in [-0.05, 0) is 0 Å². The van der Waals surface area contributed by atoms with Crippen LogP contribution in [0.2, 0.25) is 0 Å². The van der Waals surface area contributed by atoms with Gasteiger partial charge in [0.1, 0.15) is 0 Å². The van der Waals surface area contributed by atoms with E-state index in [0.29, 0.717) is 11.9 Å². The second-order valence-corrected chi connectivity index (χ2v) is 5.40. The van der Waals surface area contributed by atoms with Gasteiger partial charge in [-0.2, -0.15) is 0 Å². The van der Waals surface area contributed by atoms with Crippen molar-refractivity contribution in [2.45, 2.75) is 11.3 Å². The van der Waals surface area contributed by atoms with Gasteiger partial charge < -0.3 is 22.1 Å². The summed E-state index contributed by atoms with van der Waals surface area (Å²) in [7, 11) is 0. The summed E-state index contributed by atoms with van der Waals surface area (Å²) in [5.74, 6) is 0.660. The predicted octanol–water partition coefficient (Wildman–Crippen LogP) is 0.528.